The number of unbranched alkanes of at least 4 members (excludes halogenated alkanes) is 2. The number of nitrogens with two attached hydrogens (primary N) is 1. The lowest BCUT2D eigenvalue weighted by molar-refractivity contribution is 0.184. The van der Waals surface area contributed by atoms with E-state index >= 15 is 0 Å². The Bertz CT molecular complexity index is 333. The van der Waals surface area contributed by atoms with Crippen LogP contribution in [0.25, 0.3) is 0 Å². The van der Waals surface area contributed by atoms with Gasteiger partial charge in [0.25, 0.3) is 0 Å². The quantitative estimate of drug-likeness (QED) is 0.717. The van der Waals surface area contributed by atoms with Gasteiger partial charge in [-0.15, -0.1) is 0 Å². The van der Waals surface area contributed by atoms with Crippen molar-refractivity contribution in [2.45, 2.75) is 44.0 Å². The van der Waals surface area contributed by atoms with Crippen LogP contribution in [0.4, 0.5) is 0 Å². The molecule has 1 heterocycles. The highest BCUT2D eigenvalue weighted by molar-refractivity contribution is 8.00. The molecule has 2 N–H and O–H groups in total. The Labute approximate surface area is 116 Å². The molecule has 18 heavy (non-hydrogen) atoms. The van der Waals surface area contributed by atoms with Gasteiger partial charge in [-0.25, -0.2) is 8.42 Å². The molecule has 1 rings (SSSR count). The maximum Gasteiger partial charge on any atom is 0.164 e. The zero-order valence-corrected chi connectivity index (χ0v) is 13.1. The van der Waals surface area contributed by atoms with Crippen molar-refractivity contribution in [1.29, 1.82) is 0 Å². The Balaban J connectivity index is 2.68. The Hall–Kier alpha value is 0.220. The van der Waals surface area contributed by atoms with E-state index < -0.39 is 9.84 Å². The molecule has 2 atom stereocenters. The van der Waals surface area contributed by atoms with E-state index in [1.807, 2.05) is 0 Å². The van der Waals surface area contributed by atoms with Crippen molar-refractivity contribution in [3.8, 4) is 0 Å². The van der Waals surface area contributed by atoms with Crippen molar-refractivity contribution in [1.82, 2.24) is 4.90 Å². The second kappa shape index (κ2) is 7.72. The van der Waals surface area contributed by atoms with Crippen molar-refractivity contribution in [3.05, 3.63) is 0 Å². The fourth-order valence-corrected chi connectivity index (χ4v) is 5.38. The zero-order valence-electron chi connectivity index (χ0n) is 11.5. The number of hydrogen-bond donors (Lipinski definition) is 1. The standard InChI is InChI=1S/C12H26N2O2S2/c1-3-4-5-6-11(9-13)14-7-8-17-10-12(14)18(2,15)16/h11-12H,3-10,13H2,1-2H3. The number of hydrogen-bond acceptors (Lipinski definition) is 5. The van der Waals surface area contributed by atoms with E-state index in [-0.39, 0.29) is 11.4 Å². The average Bonchev–Trinajstić information content (AvgIpc) is 2.34. The molecule has 1 saturated heterocycles. The fourth-order valence-electron chi connectivity index (χ4n) is 2.43. The van der Waals surface area contributed by atoms with Gasteiger partial charge in [0.15, 0.2) is 9.84 Å². The predicted octanol–water partition coefficient (Wildman–Crippen LogP) is 1.31. The molecular weight excluding hydrogens is 268 g/mol. The van der Waals surface area contributed by atoms with Gasteiger partial charge in [-0.05, 0) is 6.42 Å². The SMILES string of the molecule is CCCCCC(CN)N1CCSCC1S(C)(=O)=O. The van der Waals surface area contributed by atoms with Crippen LogP contribution < -0.4 is 5.73 Å². The Kier molecular flexibility index (Phi) is 6.98. The van der Waals surface area contributed by atoms with Crippen molar-refractivity contribution >= 4 is 21.6 Å². The molecule has 1 aliphatic heterocycles. The van der Waals surface area contributed by atoms with E-state index in [2.05, 4.69) is 11.8 Å². The van der Waals surface area contributed by atoms with Gasteiger partial charge in [0.05, 0.1) is 0 Å². The molecule has 0 aromatic heterocycles. The van der Waals surface area contributed by atoms with Gasteiger partial charge >= 0.3 is 0 Å². The lowest BCUT2D eigenvalue weighted by Crippen LogP contribution is -2.54. The molecule has 2 unspecified atom stereocenters. The third kappa shape index (κ3) is 4.72. The lowest BCUT2D eigenvalue weighted by atomic mass is 10.1. The molecule has 4 nitrogen and oxygen atoms in total. The van der Waals surface area contributed by atoms with Crippen molar-refractivity contribution in [2.75, 3.05) is 30.9 Å². The Morgan fingerprint density at radius 1 is 1.44 bits per heavy atom. The van der Waals surface area contributed by atoms with Crippen LogP contribution in [-0.4, -0.2) is 55.6 Å². The summed E-state index contributed by atoms with van der Waals surface area (Å²) in [5, 5.41) is -0.341. The molecule has 1 fully saturated rings. The first-order chi connectivity index (χ1) is 8.50. The smallest absolute Gasteiger partial charge is 0.164 e. The Morgan fingerprint density at radius 3 is 2.72 bits per heavy atom. The van der Waals surface area contributed by atoms with E-state index in [0.717, 1.165) is 25.1 Å². The van der Waals surface area contributed by atoms with Gasteiger partial charge in [-0.1, -0.05) is 26.2 Å². The van der Waals surface area contributed by atoms with Crippen LogP contribution in [0.1, 0.15) is 32.6 Å². The van der Waals surface area contributed by atoms with Gasteiger partial charge < -0.3 is 5.73 Å². The molecule has 6 heteroatoms. The van der Waals surface area contributed by atoms with E-state index in [1.165, 1.54) is 19.1 Å². The summed E-state index contributed by atoms with van der Waals surface area (Å²) >= 11 is 1.73. The maximum absolute atomic E-state index is 11.9. The largest absolute Gasteiger partial charge is 0.329 e. The van der Waals surface area contributed by atoms with E-state index in [0.29, 0.717) is 12.3 Å². The molecule has 0 radical (unpaired) electrons. The van der Waals surface area contributed by atoms with Crippen molar-refractivity contribution in [3.63, 3.8) is 0 Å². The second-order valence-electron chi connectivity index (χ2n) is 4.98. The van der Waals surface area contributed by atoms with Gasteiger partial charge in [0.1, 0.15) is 5.37 Å². The molecule has 0 saturated carbocycles. The predicted molar refractivity (Wildman–Crippen MR) is 79.6 cm³/mol. The van der Waals surface area contributed by atoms with E-state index in [4.69, 9.17) is 5.73 Å². The number of rotatable bonds is 7. The molecule has 0 aromatic carbocycles. The normalized spacial score (nSPS) is 24.1. The average molecular weight is 294 g/mol. The zero-order chi connectivity index (χ0) is 13.6. The molecule has 0 spiro atoms. The summed E-state index contributed by atoms with van der Waals surface area (Å²) in [6.45, 7) is 3.57. The highest BCUT2D eigenvalue weighted by Crippen LogP contribution is 2.24. The third-order valence-corrected chi connectivity index (χ3v) is 6.16. The lowest BCUT2D eigenvalue weighted by Gasteiger charge is -2.39. The van der Waals surface area contributed by atoms with Gasteiger partial charge in [0, 0.05) is 36.9 Å². The third-order valence-electron chi connectivity index (χ3n) is 3.50. The molecule has 0 aliphatic carbocycles. The van der Waals surface area contributed by atoms with Crippen LogP contribution in [-0.2, 0) is 9.84 Å². The monoisotopic (exact) mass is 294 g/mol. The van der Waals surface area contributed by atoms with E-state index in [9.17, 15) is 8.42 Å². The summed E-state index contributed by atoms with van der Waals surface area (Å²) < 4.78 is 23.7. The second-order valence-corrected chi connectivity index (χ2v) is 8.34. The van der Waals surface area contributed by atoms with Crippen LogP contribution in [0, 0.1) is 0 Å². The van der Waals surface area contributed by atoms with Gasteiger partial charge in [-0.3, -0.25) is 4.90 Å². The summed E-state index contributed by atoms with van der Waals surface area (Å²) in [6.07, 6.45) is 5.88. The summed E-state index contributed by atoms with van der Waals surface area (Å²) in [7, 11) is -3.01. The first kappa shape index (κ1) is 16.3. The van der Waals surface area contributed by atoms with Crippen molar-refractivity contribution < 1.29 is 8.42 Å². The van der Waals surface area contributed by atoms with E-state index in [1.54, 1.807) is 11.8 Å². The fraction of sp³-hybridized carbons (Fsp3) is 1.00. The number of sulfone groups is 1. The molecule has 0 bridgehead atoms. The highest BCUT2D eigenvalue weighted by Gasteiger charge is 2.34. The van der Waals surface area contributed by atoms with Crippen LogP contribution >= 0.6 is 11.8 Å². The van der Waals surface area contributed by atoms with Crippen LogP contribution in [0.5, 0.6) is 0 Å². The van der Waals surface area contributed by atoms with Crippen LogP contribution in [0.3, 0.4) is 0 Å². The molecule has 0 amide bonds. The first-order valence-electron chi connectivity index (χ1n) is 6.73. The first-order valence-corrected chi connectivity index (χ1v) is 9.84. The molecule has 108 valence electrons. The minimum Gasteiger partial charge on any atom is -0.329 e. The van der Waals surface area contributed by atoms with Crippen LogP contribution in [0.2, 0.25) is 0 Å². The summed E-state index contributed by atoms with van der Waals surface area (Å²) in [5.41, 5.74) is 5.85. The number of thioether (sulfide) groups is 1. The van der Waals surface area contributed by atoms with Crippen LogP contribution in [0.15, 0.2) is 0 Å². The van der Waals surface area contributed by atoms with Crippen molar-refractivity contribution in [2.24, 2.45) is 5.73 Å². The number of nitrogens with zero attached hydrogens (tertiary/aromatic N) is 1. The molecule has 1 aliphatic rings. The summed E-state index contributed by atoms with van der Waals surface area (Å²) in [5.74, 6) is 1.69. The minimum atomic E-state index is -3.01. The highest BCUT2D eigenvalue weighted by atomic mass is 32.2. The van der Waals surface area contributed by atoms with Gasteiger partial charge in [0.2, 0.25) is 0 Å². The molecular formula is C12H26N2O2S2. The van der Waals surface area contributed by atoms with Gasteiger partial charge in [-0.2, -0.15) is 11.8 Å². The summed E-state index contributed by atoms with van der Waals surface area (Å²) in [6, 6.07) is 0.220. The topological polar surface area (TPSA) is 63.4 Å². The minimum absolute atomic E-state index is 0.220. The summed E-state index contributed by atoms with van der Waals surface area (Å²) in [4.78, 5) is 2.13. The molecule has 0 aromatic rings. The maximum atomic E-state index is 11.9. The Morgan fingerprint density at radius 2 is 2.17 bits per heavy atom.